The molecule has 1 atom stereocenters. The molecule has 0 aliphatic carbocycles. The van der Waals surface area contributed by atoms with Gasteiger partial charge < -0.3 is 15.0 Å². The highest BCUT2D eigenvalue weighted by molar-refractivity contribution is 5.92. The van der Waals surface area contributed by atoms with Crippen LogP contribution >= 0.6 is 0 Å². The number of carbonyl (C=O) groups excluding carboxylic acids is 1. The molecule has 1 N–H and O–H groups in total. The topological polar surface area (TPSA) is 54.5 Å². The van der Waals surface area contributed by atoms with Crippen LogP contribution in [0, 0.1) is 0 Å². The second-order valence-electron chi connectivity index (χ2n) is 4.86. The van der Waals surface area contributed by atoms with Crippen LogP contribution in [0.15, 0.2) is 18.3 Å². The zero-order chi connectivity index (χ0) is 13.7. The predicted molar refractivity (Wildman–Crippen MR) is 74.3 cm³/mol. The van der Waals surface area contributed by atoms with Gasteiger partial charge in [-0.3, -0.25) is 4.79 Å². The van der Waals surface area contributed by atoms with Gasteiger partial charge in [0.25, 0.3) is 5.91 Å². The molecular formula is C14H21N3O2. The first-order valence-electron chi connectivity index (χ1n) is 6.71. The van der Waals surface area contributed by atoms with E-state index in [1.54, 1.807) is 24.2 Å². The summed E-state index contributed by atoms with van der Waals surface area (Å²) in [6, 6.07) is 3.59. The van der Waals surface area contributed by atoms with Crippen LogP contribution in [0.5, 0.6) is 0 Å². The molecule has 0 saturated carbocycles. The van der Waals surface area contributed by atoms with E-state index in [0.717, 1.165) is 25.1 Å². The molecule has 1 saturated heterocycles. The minimum Gasteiger partial charge on any atom is -0.387 e. The van der Waals surface area contributed by atoms with Gasteiger partial charge in [0.05, 0.1) is 18.0 Å². The number of nitrogens with zero attached hydrogens (tertiary/aromatic N) is 2. The molecule has 1 aromatic heterocycles. The number of carbonyl (C=O) groups is 1. The third-order valence-corrected chi connectivity index (χ3v) is 3.37. The second kappa shape index (κ2) is 6.52. The molecular weight excluding hydrogens is 242 g/mol. The largest absolute Gasteiger partial charge is 0.387 e. The number of hydrogen-bond donors (Lipinski definition) is 1. The van der Waals surface area contributed by atoms with Crippen LogP contribution in [-0.2, 0) is 4.74 Å². The Labute approximate surface area is 114 Å². The van der Waals surface area contributed by atoms with Crippen molar-refractivity contribution in [3.05, 3.63) is 24.0 Å². The Morgan fingerprint density at radius 2 is 2.37 bits per heavy atom. The average molecular weight is 263 g/mol. The Kier molecular flexibility index (Phi) is 4.74. The lowest BCUT2D eigenvalue weighted by Crippen LogP contribution is -2.37. The second-order valence-corrected chi connectivity index (χ2v) is 4.86. The van der Waals surface area contributed by atoms with E-state index in [0.29, 0.717) is 12.2 Å². The average Bonchev–Trinajstić information content (AvgIpc) is 2.47. The first-order valence-corrected chi connectivity index (χ1v) is 6.71. The van der Waals surface area contributed by atoms with Gasteiger partial charge in [-0.05, 0) is 31.4 Å². The van der Waals surface area contributed by atoms with Crippen LogP contribution in [0.3, 0.4) is 0 Å². The molecule has 0 aromatic carbocycles. The van der Waals surface area contributed by atoms with Gasteiger partial charge in [-0.2, -0.15) is 0 Å². The summed E-state index contributed by atoms with van der Waals surface area (Å²) < 4.78 is 5.65. The Hall–Kier alpha value is -1.62. The molecule has 104 valence electrons. The standard InChI is InChI=1S/C14H21N3O2/c1-15-11-6-7-13(16-9-11)14(18)17(2)10-12-5-3-4-8-19-12/h6-7,9,12,15H,3-5,8,10H2,1-2H3. The maximum atomic E-state index is 12.2. The van der Waals surface area contributed by atoms with Crippen molar-refractivity contribution >= 4 is 11.6 Å². The Balaban J connectivity index is 1.93. The van der Waals surface area contributed by atoms with E-state index in [1.807, 2.05) is 13.1 Å². The first kappa shape index (κ1) is 13.8. The van der Waals surface area contributed by atoms with Crippen molar-refractivity contribution in [2.45, 2.75) is 25.4 Å². The first-order chi connectivity index (χ1) is 9.20. The lowest BCUT2D eigenvalue weighted by atomic mass is 10.1. The highest BCUT2D eigenvalue weighted by atomic mass is 16.5. The minimum atomic E-state index is -0.0585. The molecule has 0 radical (unpaired) electrons. The van der Waals surface area contributed by atoms with Gasteiger partial charge in [0.2, 0.25) is 0 Å². The van der Waals surface area contributed by atoms with Crippen molar-refractivity contribution in [2.24, 2.45) is 0 Å². The normalized spacial score (nSPS) is 18.9. The molecule has 5 heteroatoms. The minimum absolute atomic E-state index is 0.0585. The molecule has 1 fully saturated rings. The van der Waals surface area contributed by atoms with E-state index in [9.17, 15) is 4.79 Å². The van der Waals surface area contributed by atoms with Gasteiger partial charge in [0, 0.05) is 27.2 Å². The summed E-state index contributed by atoms with van der Waals surface area (Å²) in [6.45, 7) is 1.44. The number of aromatic nitrogens is 1. The quantitative estimate of drug-likeness (QED) is 0.899. The van der Waals surface area contributed by atoms with Crippen molar-refractivity contribution in [1.82, 2.24) is 9.88 Å². The Bertz CT molecular complexity index is 413. The summed E-state index contributed by atoms with van der Waals surface area (Å²) in [4.78, 5) is 18.1. The summed E-state index contributed by atoms with van der Waals surface area (Å²) in [5, 5.41) is 2.98. The van der Waals surface area contributed by atoms with E-state index < -0.39 is 0 Å². The van der Waals surface area contributed by atoms with Crippen molar-refractivity contribution in [3.63, 3.8) is 0 Å². The van der Waals surface area contributed by atoms with E-state index in [1.165, 1.54) is 6.42 Å². The maximum absolute atomic E-state index is 12.2. The Morgan fingerprint density at radius 3 is 2.95 bits per heavy atom. The summed E-state index contributed by atoms with van der Waals surface area (Å²) in [7, 11) is 3.62. The summed E-state index contributed by atoms with van der Waals surface area (Å²) in [6.07, 6.45) is 5.17. The van der Waals surface area contributed by atoms with Gasteiger partial charge in [0.1, 0.15) is 5.69 Å². The summed E-state index contributed by atoms with van der Waals surface area (Å²) in [5.74, 6) is -0.0585. The molecule has 2 rings (SSSR count). The van der Waals surface area contributed by atoms with Gasteiger partial charge in [-0.25, -0.2) is 4.98 Å². The monoisotopic (exact) mass is 263 g/mol. The van der Waals surface area contributed by atoms with Crippen LogP contribution in [-0.4, -0.2) is 49.1 Å². The third-order valence-electron chi connectivity index (χ3n) is 3.37. The fraction of sp³-hybridized carbons (Fsp3) is 0.571. The van der Waals surface area contributed by atoms with E-state index in [4.69, 9.17) is 4.74 Å². The van der Waals surface area contributed by atoms with Gasteiger partial charge in [-0.1, -0.05) is 0 Å². The van der Waals surface area contributed by atoms with Gasteiger partial charge in [0.15, 0.2) is 0 Å². The van der Waals surface area contributed by atoms with Crippen LogP contribution < -0.4 is 5.32 Å². The zero-order valence-electron chi connectivity index (χ0n) is 11.6. The highest BCUT2D eigenvalue weighted by Crippen LogP contribution is 2.14. The van der Waals surface area contributed by atoms with Crippen LogP contribution in [0.2, 0.25) is 0 Å². The predicted octanol–water partition coefficient (Wildman–Crippen LogP) is 1.76. The fourth-order valence-corrected chi connectivity index (χ4v) is 2.20. The number of pyridine rings is 1. The highest BCUT2D eigenvalue weighted by Gasteiger charge is 2.20. The van der Waals surface area contributed by atoms with Crippen molar-refractivity contribution in [3.8, 4) is 0 Å². The number of nitrogens with one attached hydrogen (secondary N) is 1. The van der Waals surface area contributed by atoms with Crippen LogP contribution in [0.25, 0.3) is 0 Å². The number of likely N-dealkylation sites (N-methyl/N-ethyl adjacent to an activating group) is 1. The molecule has 0 bridgehead atoms. The number of hydrogen-bond acceptors (Lipinski definition) is 4. The Morgan fingerprint density at radius 1 is 1.53 bits per heavy atom. The number of anilines is 1. The molecule has 1 amide bonds. The lowest BCUT2D eigenvalue weighted by Gasteiger charge is -2.27. The van der Waals surface area contributed by atoms with Gasteiger partial charge in [-0.15, -0.1) is 0 Å². The smallest absolute Gasteiger partial charge is 0.272 e. The fourth-order valence-electron chi connectivity index (χ4n) is 2.20. The van der Waals surface area contributed by atoms with Gasteiger partial charge >= 0.3 is 0 Å². The zero-order valence-corrected chi connectivity index (χ0v) is 11.6. The van der Waals surface area contributed by atoms with Crippen molar-refractivity contribution < 1.29 is 9.53 Å². The number of amides is 1. The summed E-state index contributed by atoms with van der Waals surface area (Å²) in [5.41, 5.74) is 1.37. The third kappa shape index (κ3) is 3.67. The van der Waals surface area contributed by atoms with E-state index in [-0.39, 0.29) is 12.0 Å². The molecule has 1 aromatic rings. The molecule has 5 nitrogen and oxygen atoms in total. The van der Waals surface area contributed by atoms with Crippen LogP contribution in [0.4, 0.5) is 5.69 Å². The molecule has 1 unspecified atom stereocenters. The molecule has 1 aliphatic heterocycles. The number of rotatable bonds is 4. The lowest BCUT2D eigenvalue weighted by molar-refractivity contribution is -0.000289. The summed E-state index contributed by atoms with van der Waals surface area (Å²) >= 11 is 0. The molecule has 2 heterocycles. The van der Waals surface area contributed by atoms with E-state index >= 15 is 0 Å². The van der Waals surface area contributed by atoms with Crippen LogP contribution in [0.1, 0.15) is 29.8 Å². The van der Waals surface area contributed by atoms with E-state index in [2.05, 4.69) is 10.3 Å². The maximum Gasteiger partial charge on any atom is 0.272 e. The molecule has 0 spiro atoms. The molecule has 1 aliphatic rings. The van der Waals surface area contributed by atoms with Crippen molar-refractivity contribution in [2.75, 3.05) is 32.6 Å². The number of ether oxygens (including phenoxy) is 1. The molecule has 19 heavy (non-hydrogen) atoms. The van der Waals surface area contributed by atoms with Crippen molar-refractivity contribution in [1.29, 1.82) is 0 Å². The SMILES string of the molecule is CNc1ccc(C(=O)N(C)CC2CCCCO2)nc1.